The van der Waals surface area contributed by atoms with Gasteiger partial charge in [-0.2, -0.15) is 0 Å². The molecule has 0 fully saturated rings. The summed E-state index contributed by atoms with van der Waals surface area (Å²) < 4.78 is 4.77. The highest BCUT2D eigenvalue weighted by Crippen LogP contribution is 2.02. The zero-order chi connectivity index (χ0) is 5.98. The van der Waals surface area contributed by atoms with Crippen molar-refractivity contribution in [1.29, 1.82) is 0 Å². The molecule has 0 aromatic rings. The molecule has 0 radical (unpaired) electrons. The Hall–Kier alpha value is -0.570. The van der Waals surface area contributed by atoms with Crippen LogP contribution >= 0.6 is 0 Å². The van der Waals surface area contributed by atoms with Crippen LogP contribution in [0.3, 0.4) is 0 Å². The van der Waals surface area contributed by atoms with Gasteiger partial charge >= 0.3 is 0 Å². The van der Waals surface area contributed by atoms with Gasteiger partial charge in [0.2, 0.25) is 0 Å². The van der Waals surface area contributed by atoms with E-state index >= 15 is 0 Å². The van der Waals surface area contributed by atoms with Crippen LogP contribution in [0, 0.1) is 0 Å². The SMILES string of the molecule is C[C@H](O)[C@@H]1COC=N1. The van der Waals surface area contributed by atoms with Crippen LogP contribution in [-0.4, -0.2) is 30.3 Å². The molecule has 1 aliphatic heterocycles. The second kappa shape index (κ2) is 2.13. The fourth-order valence-electron chi connectivity index (χ4n) is 0.570. The van der Waals surface area contributed by atoms with Crippen molar-refractivity contribution < 1.29 is 9.84 Å². The monoisotopic (exact) mass is 115 g/mol. The standard InChI is InChI=1S/C5H9NO2/c1-4(7)5-2-8-3-6-5/h3-5,7H,2H2,1H3/t4-,5-/m0/s1. The summed E-state index contributed by atoms with van der Waals surface area (Å²) in [6, 6.07) is -0.0324. The highest BCUT2D eigenvalue weighted by Gasteiger charge is 2.16. The van der Waals surface area contributed by atoms with Gasteiger partial charge in [-0.1, -0.05) is 0 Å². The lowest BCUT2D eigenvalue weighted by molar-refractivity contribution is 0.146. The first-order valence-electron chi connectivity index (χ1n) is 2.62. The molecule has 0 spiro atoms. The average molecular weight is 115 g/mol. The second-order valence-corrected chi connectivity index (χ2v) is 1.90. The van der Waals surface area contributed by atoms with Crippen LogP contribution in [0.15, 0.2) is 4.99 Å². The summed E-state index contributed by atoms with van der Waals surface area (Å²) in [6.07, 6.45) is 1.01. The van der Waals surface area contributed by atoms with Crippen LogP contribution in [0.25, 0.3) is 0 Å². The molecule has 3 heteroatoms. The third-order valence-corrected chi connectivity index (χ3v) is 1.15. The maximum Gasteiger partial charge on any atom is 0.169 e. The normalized spacial score (nSPS) is 30.0. The van der Waals surface area contributed by atoms with Crippen molar-refractivity contribution in [2.75, 3.05) is 6.61 Å². The van der Waals surface area contributed by atoms with E-state index in [0.29, 0.717) is 6.61 Å². The molecule has 1 heterocycles. The van der Waals surface area contributed by atoms with Crippen molar-refractivity contribution in [3.63, 3.8) is 0 Å². The second-order valence-electron chi connectivity index (χ2n) is 1.90. The van der Waals surface area contributed by atoms with Gasteiger partial charge in [-0.25, -0.2) is 4.99 Å². The molecule has 1 rings (SSSR count). The smallest absolute Gasteiger partial charge is 0.169 e. The Morgan fingerprint density at radius 1 is 2.00 bits per heavy atom. The van der Waals surface area contributed by atoms with Gasteiger partial charge in [0.15, 0.2) is 6.40 Å². The van der Waals surface area contributed by atoms with E-state index in [2.05, 4.69) is 4.99 Å². The molecule has 0 aliphatic carbocycles. The van der Waals surface area contributed by atoms with E-state index in [4.69, 9.17) is 9.84 Å². The summed E-state index contributed by atoms with van der Waals surface area (Å²) in [6.45, 7) is 2.23. The molecule has 46 valence electrons. The lowest BCUT2D eigenvalue weighted by Gasteiger charge is -2.06. The van der Waals surface area contributed by atoms with Gasteiger partial charge in [-0.3, -0.25) is 0 Å². The molecule has 0 bridgehead atoms. The lowest BCUT2D eigenvalue weighted by Crippen LogP contribution is -2.21. The molecule has 0 saturated carbocycles. The first-order chi connectivity index (χ1) is 3.80. The van der Waals surface area contributed by atoms with E-state index in [0.717, 1.165) is 0 Å². The first kappa shape index (κ1) is 5.56. The summed E-state index contributed by atoms with van der Waals surface area (Å²) >= 11 is 0. The van der Waals surface area contributed by atoms with E-state index in [1.165, 1.54) is 6.40 Å². The zero-order valence-corrected chi connectivity index (χ0v) is 4.74. The fourth-order valence-corrected chi connectivity index (χ4v) is 0.570. The van der Waals surface area contributed by atoms with E-state index in [9.17, 15) is 0 Å². The molecule has 0 unspecified atom stereocenters. The van der Waals surface area contributed by atoms with Gasteiger partial charge in [-0.05, 0) is 6.92 Å². The Morgan fingerprint density at radius 3 is 3.00 bits per heavy atom. The minimum Gasteiger partial charge on any atom is -0.481 e. The molecular weight excluding hydrogens is 106 g/mol. The Bertz CT molecular complexity index is 101. The third kappa shape index (κ3) is 0.980. The van der Waals surface area contributed by atoms with E-state index in [1.54, 1.807) is 6.92 Å². The first-order valence-corrected chi connectivity index (χ1v) is 2.62. The number of aliphatic hydroxyl groups excluding tert-OH is 1. The molecule has 3 nitrogen and oxygen atoms in total. The summed E-state index contributed by atoms with van der Waals surface area (Å²) in [7, 11) is 0. The molecule has 0 saturated heterocycles. The molecule has 1 aliphatic rings. The molecular formula is C5H9NO2. The van der Waals surface area contributed by atoms with Crippen LogP contribution in [0.5, 0.6) is 0 Å². The number of rotatable bonds is 1. The van der Waals surface area contributed by atoms with Gasteiger partial charge in [0.05, 0.1) is 6.10 Å². The minimum atomic E-state index is -0.381. The van der Waals surface area contributed by atoms with Gasteiger partial charge < -0.3 is 9.84 Å². The molecule has 2 atom stereocenters. The Kier molecular flexibility index (Phi) is 1.48. The number of hydrogen-bond acceptors (Lipinski definition) is 3. The Balaban J connectivity index is 2.36. The predicted molar refractivity (Wildman–Crippen MR) is 29.9 cm³/mol. The summed E-state index contributed by atoms with van der Waals surface area (Å²) in [5.41, 5.74) is 0. The van der Waals surface area contributed by atoms with Crippen LogP contribution in [0.1, 0.15) is 6.92 Å². The molecule has 0 aromatic carbocycles. The maximum absolute atomic E-state index is 8.86. The average Bonchev–Trinajstić information content (AvgIpc) is 2.12. The minimum absolute atomic E-state index is 0.0324. The van der Waals surface area contributed by atoms with Crippen molar-refractivity contribution >= 4 is 6.40 Å². The van der Waals surface area contributed by atoms with Crippen LogP contribution in [0.2, 0.25) is 0 Å². The summed E-state index contributed by atoms with van der Waals surface area (Å²) in [5, 5.41) is 8.86. The Morgan fingerprint density at radius 2 is 2.75 bits per heavy atom. The van der Waals surface area contributed by atoms with Crippen molar-refractivity contribution in [1.82, 2.24) is 0 Å². The number of nitrogens with zero attached hydrogens (tertiary/aromatic N) is 1. The van der Waals surface area contributed by atoms with Gasteiger partial charge in [-0.15, -0.1) is 0 Å². The number of aliphatic hydroxyl groups is 1. The van der Waals surface area contributed by atoms with E-state index < -0.39 is 0 Å². The Labute approximate surface area is 48.0 Å². The quantitative estimate of drug-likeness (QED) is 0.514. The summed E-state index contributed by atoms with van der Waals surface area (Å²) in [4.78, 5) is 3.84. The van der Waals surface area contributed by atoms with Gasteiger partial charge in [0.25, 0.3) is 0 Å². The third-order valence-electron chi connectivity index (χ3n) is 1.15. The molecule has 0 aromatic heterocycles. The highest BCUT2D eigenvalue weighted by molar-refractivity contribution is 5.49. The molecule has 1 N–H and O–H groups in total. The number of aliphatic imine (C=N–C) groups is 1. The maximum atomic E-state index is 8.86. The zero-order valence-electron chi connectivity index (χ0n) is 4.74. The van der Waals surface area contributed by atoms with Crippen molar-refractivity contribution in [3.8, 4) is 0 Å². The predicted octanol–water partition coefficient (Wildman–Crippen LogP) is -0.206. The molecule has 0 amide bonds. The highest BCUT2D eigenvalue weighted by atomic mass is 16.5. The largest absolute Gasteiger partial charge is 0.481 e. The van der Waals surface area contributed by atoms with Gasteiger partial charge in [0.1, 0.15) is 12.6 Å². The van der Waals surface area contributed by atoms with Crippen LogP contribution in [0.4, 0.5) is 0 Å². The number of ether oxygens (including phenoxy) is 1. The van der Waals surface area contributed by atoms with Crippen molar-refractivity contribution in [2.45, 2.75) is 19.1 Å². The van der Waals surface area contributed by atoms with E-state index in [-0.39, 0.29) is 12.1 Å². The number of hydrogen-bond donors (Lipinski definition) is 1. The fraction of sp³-hybridized carbons (Fsp3) is 0.800. The topological polar surface area (TPSA) is 41.8 Å². The summed E-state index contributed by atoms with van der Waals surface area (Å²) in [5.74, 6) is 0. The van der Waals surface area contributed by atoms with Crippen molar-refractivity contribution in [2.24, 2.45) is 4.99 Å². The lowest BCUT2D eigenvalue weighted by atomic mass is 10.2. The van der Waals surface area contributed by atoms with Crippen LogP contribution < -0.4 is 0 Å². The van der Waals surface area contributed by atoms with E-state index in [1.807, 2.05) is 0 Å². The molecule has 8 heavy (non-hydrogen) atoms. The van der Waals surface area contributed by atoms with Gasteiger partial charge in [0, 0.05) is 0 Å². The van der Waals surface area contributed by atoms with Crippen LogP contribution in [-0.2, 0) is 4.74 Å². The van der Waals surface area contributed by atoms with Crippen molar-refractivity contribution in [3.05, 3.63) is 0 Å².